The van der Waals surface area contributed by atoms with Crippen LogP contribution in [0.25, 0.3) is 0 Å². The van der Waals surface area contributed by atoms with Crippen LogP contribution in [0.15, 0.2) is 54.6 Å². The lowest BCUT2D eigenvalue weighted by molar-refractivity contribution is 0.0668. The van der Waals surface area contributed by atoms with Crippen LogP contribution in [0.2, 0.25) is 0 Å². The SMILES string of the molecule is C[C@](O)(CN)c1ccc(OCc2ccccc2)cc1. The molecule has 3 N–H and O–H groups in total. The molecular weight excluding hydrogens is 238 g/mol. The molecule has 0 fully saturated rings. The highest BCUT2D eigenvalue weighted by atomic mass is 16.5. The van der Waals surface area contributed by atoms with Gasteiger partial charge in [-0.25, -0.2) is 0 Å². The van der Waals surface area contributed by atoms with Crippen LogP contribution in [-0.4, -0.2) is 11.7 Å². The van der Waals surface area contributed by atoms with E-state index >= 15 is 0 Å². The lowest BCUT2D eigenvalue weighted by atomic mass is 9.96. The Morgan fingerprint density at radius 2 is 1.68 bits per heavy atom. The minimum atomic E-state index is -0.988. The fourth-order valence-electron chi connectivity index (χ4n) is 1.77. The van der Waals surface area contributed by atoms with E-state index < -0.39 is 5.60 Å². The number of rotatable bonds is 5. The molecular formula is C16H19NO2. The monoisotopic (exact) mass is 257 g/mol. The molecule has 100 valence electrons. The number of nitrogens with two attached hydrogens (primary N) is 1. The van der Waals surface area contributed by atoms with E-state index in [1.165, 1.54) is 0 Å². The molecule has 0 radical (unpaired) electrons. The van der Waals surface area contributed by atoms with Gasteiger partial charge in [0.05, 0.1) is 5.60 Å². The first-order valence-electron chi connectivity index (χ1n) is 6.31. The van der Waals surface area contributed by atoms with Crippen LogP contribution in [0, 0.1) is 0 Å². The predicted molar refractivity (Wildman–Crippen MR) is 75.8 cm³/mol. The van der Waals surface area contributed by atoms with Gasteiger partial charge in [-0.3, -0.25) is 0 Å². The van der Waals surface area contributed by atoms with Crippen LogP contribution in [0.4, 0.5) is 0 Å². The standard InChI is InChI=1S/C16H19NO2/c1-16(18,12-17)14-7-9-15(10-8-14)19-11-13-5-3-2-4-6-13/h2-10,18H,11-12,17H2,1H3/t16-/m0/s1. The third kappa shape index (κ3) is 3.56. The molecule has 0 aliphatic rings. The van der Waals surface area contributed by atoms with Gasteiger partial charge >= 0.3 is 0 Å². The number of hydrogen-bond donors (Lipinski definition) is 2. The zero-order valence-corrected chi connectivity index (χ0v) is 11.0. The molecule has 0 spiro atoms. The molecule has 3 nitrogen and oxygen atoms in total. The molecule has 2 aromatic rings. The average molecular weight is 257 g/mol. The van der Waals surface area contributed by atoms with Crippen molar-refractivity contribution in [2.45, 2.75) is 19.1 Å². The largest absolute Gasteiger partial charge is 0.489 e. The smallest absolute Gasteiger partial charge is 0.119 e. The highest BCUT2D eigenvalue weighted by molar-refractivity contribution is 5.31. The van der Waals surface area contributed by atoms with E-state index in [9.17, 15) is 5.11 Å². The Balaban J connectivity index is 2.00. The number of hydrogen-bond acceptors (Lipinski definition) is 3. The van der Waals surface area contributed by atoms with Gasteiger partial charge in [0.2, 0.25) is 0 Å². The molecule has 0 unspecified atom stereocenters. The summed E-state index contributed by atoms with van der Waals surface area (Å²) in [6.45, 7) is 2.43. The van der Waals surface area contributed by atoms with Gasteiger partial charge in [0.15, 0.2) is 0 Å². The molecule has 0 saturated carbocycles. The normalized spacial score (nSPS) is 13.8. The fourth-order valence-corrected chi connectivity index (χ4v) is 1.77. The van der Waals surface area contributed by atoms with Crippen LogP contribution >= 0.6 is 0 Å². The topological polar surface area (TPSA) is 55.5 Å². The van der Waals surface area contributed by atoms with Gasteiger partial charge in [-0.1, -0.05) is 42.5 Å². The van der Waals surface area contributed by atoms with Gasteiger partial charge in [0.1, 0.15) is 12.4 Å². The maximum atomic E-state index is 10.0. The van der Waals surface area contributed by atoms with Crippen molar-refractivity contribution in [3.8, 4) is 5.75 Å². The Bertz CT molecular complexity index is 506. The molecule has 2 rings (SSSR count). The molecule has 19 heavy (non-hydrogen) atoms. The Kier molecular flexibility index (Phi) is 4.20. The summed E-state index contributed by atoms with van der Waals surface area (Å²) in [5.41, 5.74) is 6.46. The Hall–Kier alpha value is -1.84. The van der Waals surface area contributed by atoms with Crippen LogP contribution in [0.3, 0.4) is 0 Å². The van der Waals surface area contributed by atoms with Gasteiger partial charge in [-0.05, 0) is 30.2 Å². The van der Waals surface area contributed by atoms with Gasteiger partial charge < -0.3 is 15.6 Å². The molecule has 0 bridgehead atoms. The highest BCUT2D eigenvalue weighted by Crippen LogP contribution is 2.22. The van der Waals surface area contributed by atoms with Crippen molar-refractivity contribution in [2.75, 3.05) is 6.54 Å². The maximum absolute atomic E-state index is 10.0. The molecule has 1 atom stereocenters. The molecule has 0 saturated heterocycles. The van der Waals surface area contributed by atoms with Crippen molar-refractivity contribution in [3.05, 3.63) is 65.7 Å². The van der Waals surface area contributed by atoms with Gasteiger partial charge in [-0.15, -0.1) is 0 Å². The third-order valence-electron chi connectivity index (χ3n) is 3.12. The summed E-state index contributed by atoms with van der Waals surface area (Å²) in [4.78, 5) is 0. The Morgan fingerprint density at radius 3 is 2.26 bits per heavy atom. The van der Waals surface area contributed by atoms with E-state index in [0.717, 1.165) is 16.9 Å². The van der Waals surface area contributed by atoms with Crippen LogP contribution in [0.5, 0.6) is 5.75 Å². The van der Waals surface area contributed by atoms with Crippen molar-refractivity contribution in [1.29, 1.82) is 0 Å². The minimum Gasteiger partial charge on any atom is -0.489 e. The lowest BCUT2D eigenvalue weighted by Gasteiger charge is -2.21. The zero-order chi connectivity index (χ0) is 13.7. The summed E-state index contributed by atoms with van der Waals surface area (Å²) in [5.74, 6) is 0.778. The third-order valence-corrected chi connectivity index (χ3v) is 3.12. The highest BCUT2D eigenvalue weighted by Gasteiger charge is 2.20. The summed E-state index contributed by atoms with van der Waals surface area (Å²) in [7, 11) is 0. The molecule has 0 amide bonds. The number of ether oxygens (including phenoxy) is 1. The lowest BCUT2D eigenvalue weighted by Crippen LogP contribution is -2.31. The minimum absolute atomic E-state index is 0.192. The summed E-state index contributed by atoms with van der Waals surface area (Å²) in [6, 6.07) is 17.4. The zero-order valence-electron chi connectivity index (χ0n) is 11.0. The molecule has 2 aromatic carbocycles. The van der Waals surface area contributed by atoms with Crippen molar-refractivity contribution < 1.29 is 9.84 Å². The maximum Gasteiger partial charge on any atom is 0.119 e. The van der Waals surface area contributed by atoms with E-state index in [2.05, 4.69) is 0 Å². The van der Waals surface area contributed by atoms with Gasteiger partial charge in [0.25, 0.3) is 0 Å². The predicted octanol–water partition coefficient (Wildman–Crippen LogP) is 2.43. The van der Waals surface area contributed by atoms with Crippen molar-refractivity contribution in [3.63, 3.8) is 0 Å². The summed E-state index contributed by atoms with van der Waals surface area (Å²) < 4.78 is 5.68. The van der Waals surface area contributed by atoms with Crippen LogP contribution in [-0.2, 0) is 12.2 Å². The molecule has 3 heteroatoms. The molecule has 0 aromatic heterocycles. The summed E-state index contributed by atoms with van der Waals surface area (Å²) in [6.07, 6.45) is 0. The molecule has 0 heterocycles. The van der Waals surface area contributed by atoms with Crippen molar-refractivity contribution in [1.82, 2.24) is 0 Å². The second-order valence-corrected chi connectivity index (χ2v) is 4.78. The average Bonchev–Trinajstić information content (AvgIpc) is 2.47. The Morgan fingerprint density at radius 1 is 1.05 bits per heavy atom. The first-order valence-corrected chi connectivity index (χ1v) is 6.31. The second-order valence-electron chi connectivity index (χ2n) is 4.78. The first-order chi connectivity index (χ1) is 9.12. The van der Waals surface area contributed by atoms with Crippen LogP contribution in [0.1, 0.15) is 18.1 Å². The summed E-state index contributed by atoms with van der Waals surface area (Å²) in [5, 5.41) is 10.0. The fraction of sp³-hybridized carbons (Fsp3) is 0.250. The van der Waals surface area contributed by atoms with E-state index in [1.54, 1.807) is 6.92 Å². The van der Waals surface area contributed by atoms with Crippen molar-refractivity contribution in [2.24, 2.45) is 5.73 Å². The van der Waals surface area contributed by atoms with Gasteiger partial charge in [-0.2, -0.15) is 0 Å². The molecule has 0 aliphatic heterocycles. The van der Waals surface area contributed by atoms with E-state index in [4.69, 9.17) is 10.5 Å². The first kappa shape index (κ1) is 13.6. The van der Waals surface area contributed by atoms with Crippen LogP contribution < -0.4 is 10.5 Å². The van der Waals surface area contributed by atoms with Gasteiger partial charge in [0, 0.05) is 6.54 Å². The van der Waals surface area contributed by atoms with Crippen molar-refractivity contribution >= 4 is 0 Å². The van der Waals surface area contributed by atoms with E-state index in [-0.39, 0.29) is 6.54 Å². The molecule has 0 aliphatic carbocycles. The number of aliphatic hydroxyl groups is 1. The number of benzene rings is 2. The summed E-state index contributed by atoms with van der Waals surface area (Å²) >= 11 is 0. The quantitative estimate of drug-likeness (QED) is 0.865. The Labute approximate surface area is 113 Å². The second kappa shape index (κ2) is 5.87. The van der Waals surface area contributed by atoms with E-state index in [1.807, 2.05) is 54.6 Å². The van der Waals surface area contributed by atoms with E-state index in [0.29, 0.717) is 6.61 Å².